The fourth-order valence-electron chi connectivity index (χ4n) is 3.54. The molecule has 0 aliphatic carbocycles. The Morgan fingerprint density at radius 2 is 1.47 bits per heavy atom. The lowest BCUT2D eigenvalue weighted by atomic mass is 10.1. The van der Waals surface area contributed by atoms with Crippen LogP contribution in [-0.2, 0) is 16.6 Å². The van der Waals surface area contributed by atoms with Gasteiger partial charge in [-0.1, -0.05) is 54.1 Å². The molecule has 3 aromatic carbocycles. The Morgan fingerprint density at radius 1 is 0.844 bits per heavy atom. The van der Waals surface area contributed by atoms with E-state index >= 15 is 0 Å². The van der Waals surface area contributed by atoms with E-state index in [2.05, 4.69) is 0 Å². The molecule has 0 unspecified atom stereocenters. The minimum Gasteiger partial charge on any atom is -0.489 e. The fraction of sp³-hybridized carbons (Fsp3) is 0.208. The molecular weight excluding hydrogens is 448 g/mol. The van der Waals surface area contributed by atoms with E-state index < -0.39 is 10.0 Å². The molecule has 0 bridgehead atoms. The molecule has 6 nitrogen and oxygen atoms in total. The third-order valence-corrected chi connectivity index (χ3v) is 7.73. The van der Waals surface area contributed by atoms with Crippen LogP contribution >= 0.6 is 11.6 Å². The molecule has 1 heterocycles. The lowest BCUT2D eigenvalue weighted by Crippen LogP contribution is -2.50. The van der Waals surface area contributed by atoms with Crippen LogP contribution in [0.4, 0.5) is 0 Å². The maximum atomic E-state index is 12.9. The molecule has 1 fully saturated rings. The zero-order chi connectivity index (χ0) is 22.6. The van der Waals surface area contributed by atoms with Gasteiger partial charge in [-0.05, 0) is 42.0 Å². The number of carbonyl (C=O) groups excluding carboxylic acids is 1. The van der Waals surface area contributed by atoms with Crippen LogP contribution in [0.15, 0.2) is 83.8 Å². The predicted molar refractivity (Wildman–Crippen MR) is 123 cm³/mol. The van der Waals surface area contributed by atoms with Crippen molar-refractivity contribution < 1.29 is 17.9 Å². The maximum absolute atomic E-state index is 12.9. The zero-order valence-corrected chi connectivity index (χ0v) is 18.9. The van der Waals surface area contributed by atoms with Gasteiger partial charge in [0.2, 0.25) is 10.0 Å². The number of benzene rings is 3. The van der Waals surface area contributed by atoms with E-state index in [4.69, 9.17) is 16.3 Å². The number of sulfonamides is 1. The molecule has 0 spiro atoms. The fourth-order valence-corrected chi connectivity index (χ4v) is 5.46. The number of hydrogen-bond donors (Lipinski definition) is 0. The van der Waals surface area contributed by atoms with Gasteiger partial charge in [0.25, 0.3) is 5.91 Å². The monoisotopic (exact) mass is 470 g/mol. The minimum atomic E-state index is -3.69. The van der Waals surface area contributed by atoms with Gasteiger partial charge >= 0.3 is 0 Å². The first-order valence-corrected chi connectivity index (χ1v) is 12.1. The lowest BCUT2D eigenvalue weighted by Gasteiger charge is -2.34. The molecule has 1 amide bonds. The molecule has 0 aromatic heterocycles. The summed E-state index contributed by atoms with van der Waals surface area (Å²) >= 11 is 6.08. The topological polar surface area (TPSA) is 66.9 Å². The summed E-state index contributed by atoms with van der Waals surface area (Å²) in [5, 5.41) is 0.195. The third-order valence-electron chi connectivity index (χ3n) is 5.33. The molecule has 1 saturated heterocycles. The highest BCUT2D eigenvalue weighted by atomic mass is 35.5. The van der Waals surface area contributed by atoms with Crippen LogP contribution in [0, 0.1) is 0 Å². The van der Waals surface area contributed by atoms with Gasteiger partial charge in [0.05, 0.1) is 5.02 Å². The summed E-state index contributed by atoms with van der Waals surface area (Å²) in [7, 11) is -3.69. The van der Waals surface area contributed by atoms with Gasteiger partial charge in [-0.3, -0.25) is 4.79 Å². The van der Waals surface area contributed by atoms with Gasteiger partial charge in [-0.25, -0.2) is 8.42 Å². The normalized spacial score (nSPS) is 14.8. The number of piperazine rings is 1. The Hall–Kier alpha value is -2.87. The van der Waals surface area contributed by atoms with Crippen molar-refractivity contribution in [2.45, 2.75) is 11.5 Å². The number of halogens is 1. The lowest BCUT2D eigenvalue weighted by molar-refractivity contribution is 0.0698. The van der Waals surface area contributed by atoms with Gasteiger partial charge in [0.15, 0.2) is 0 Å². The minimum absolute atomic E-state index is 0.0903. The van der Waals surface area contributed by atoms with Crippen molar-refractivity contribution in [1.82, 2.24) is 9.21 Å². The van der Waals surface area contributed by atoms with E-state index in [-0.39, 0.29) is 28.9 Å². The average Bonchev–Trinajstić information content (AvgIpc) is 2.83. The molecule has 1 aliphatic heterocycles. The Kier molecular flexibility index (Phi) is 6.79. The SMILES string of the molecule is O=C(c1ccc(OCc2ccccc2)cc1)N1CCN(S(=O)(=O)c2ccccc2Cl)CC1. The highest BCUT2D eigenvalue weighted by molar-refractivity contribution is 7.89. The summed E-state index contributed by atoms with van der Waals surface area (Å²) in [6.07, 6.45) is 0. The number of amides is 1. The molecule has 8 heteroatoms. The maximum Gasteiger partial charge on any atom is 0.253 e. The predicted octanol–water partition coefficient (Wildman–Crippen LogP) is 4.07. The van der Waals surface area contributed by atoms with Crippen LogP contribution < -0.4 is 4.74 Å². The molecule has 3 aromatic rings. The van der Waals surface area contributed by atoms with E-state index in [1.807, 2.05) is 30.3 Å². The highest BCUT2D eigenvalue weighted by Crippen LogP contribution is 2.25. The first kappa shape index (κ1) is 22.3. The molecule has 0 radical (unpaired) electrons. The summed E-state index contributed by atoms with van der Waals surface area (Å²) in [5.74, 6) is 0.551. The van der Waals surface area contributed by atoms with Crippen molar-refractivity contribution in [2.75, 3.05) is 26.2 Å². The van der Waals surface area contributed by atoms with Crippen molar-refractivity contribution in [3.63, 3.8) is 0 Å². The summed E-state index contributed by atoms with van der Waals surface area (Å²) in [4.78, 5) is 14.6. The van der Waals surface area contributed by atoms with Gasteiger partial charge in [0.1, 0.15) is 17.3 Å². The number of hydrogen-bond acceptors (Lipinski definition) is 4. The first-order chi connectivity index (χ1) is 15.4. The highest BCUT2D eigenvalue weighted by Gasteiger charge is 2.31. The Labute approximate surface area is 193 Å². The molecule has 0 saturated carbocycles. The summed E-state index contributed by atoms with van der Waals surface area (Å²) < 4.78 is 32.9. The van der Waals surface area contributed by atoms with Crippen molar-refractivity contribution in [2.24, 2.45) is 0 Å². The largest absolute Gasteiger partial charge is 0.489 e. The van der Waals surface area contributed by atoms with E-state index in [0.717, 1.165) is 5.56 Å². The van der Waals surface area contributed by atoms with E-state index in [9.17, 15) is 13.2 Å². The van der Waals surface area contributed by atoms with Crippen molar-refractivity contribution >= 4 is 27.5 Å². The molecule has 4 rings (SSSR count). The smallest absolute Gasteiger partial charge is 0.253 e. The standard InChI is InChI=1S/C24H23ClN2O4S/c25-22-8-4-5-9-23(22)32(29,30)27-16-14-26(15-17-27)24(28)20-10-12-21(13-11-20)31-18-19-6-2-1-3-7-19/h1-13H,14-18H2. The van der Waals surface area contributed by atoms with Crippen LogP contribution in [0.2, 0.25) is 5.02 Å². The summed E-state index contributed by atoms with van der Waals surface area (Å²) in [5.41, 5.74) is 1.61. The summed E-state index contributed by atoms with van der Waals surface area (Å²) in [6.45, 7) is 1.52. The van der Waals surface area contributed by atoms with Crippen LogP contribution in [0.1, 0.15) is 15.9 Å². The molecule has 0 N–H and O–H groups in total. The number of ether oxygens (including phenoxy) is 1. The molecule has 0 atom stereocenters. The Balaban J connectivity index is 1.34. The van der Waals surface area contributed by atoms with Gasteiger partial charge < -0.3 is 9.64 Å². The molecular formula is C24H23ClN2O4S. The zero-order valence-electron chi connectivity index (χ0n) is 17.4. The second kappa shape index (κ2) is 9.73. The van der Waals surface area contributed by atoms with E-state index in [0.29, 0.717) is 31.0 Å². The van der Waals surface area contributed by atoms with Crippen LogP contribution in [0.3, 0.4) is 0 Å². The average molecular weight is 471 g/mol. The number of nitrogens with zero attached hydrogens (tertiary/aromatic N) is 2. The quantitative estimate of drug-likeness (QED) is 0.544. The van der Waals surface area contributed by atoms with Crippen molar-refractivity contribution in [3.05, 3.63) is 95.0 Å². The molecule has 32 heavy (non-hydrogen) atoms. The number of rotatable bonds is 6. The van der Waals surface area contributed by atoms with Crippen molar-refractivity contribution in [1.29, 1.82) is 0 Å². The van der Waals surface area contributed by atoms with Crippen molar-refractivity contribution in [3.8, 4) is 5.75 Å². The van der Waals surface area contributed by atoms with E-state index in [1.165, 1.54) is 10.4 Å². The van der Waals surface area contributed by atoms with Crippen LogP contribution in [0.5, 0.6) is 5.75 Å². The molecule has 166 valence electrons. The first-order valence-electron chi connectivity index (χ1n) is 10.3. The van der Waals surface area contributed by atoms with Gasteiger partial charge in [-0.2, -0.15) is 4.31 Å². The number of carbonyl (C=O) groups is 1. The second-order valence-corrected chi connectivity index (χ2v) is 9.74. The Morgan fingerprint density at radius 3 is 2.12 bits per heavy atom. The second-order valence-electron chi connectivity index (χ2n) is 7.43. The third kappa shape index (κ3) is 4.96. The van der Waals surface area contributed by atoms with Gasteiger partial charge in [-0.15, -0.1) is 0 Å². The van der Waals surface area contributed by atoms with Gasteiger partial charge in [0, 0.05) is 31.7 Å². The summed E-state index contributed by atoms with van der Waals surface area (Å²) in [6, 6.07) is 23.2. The van der Waals surface area contributed by atoms with Crippen LogP contribution in [-0.4, -0.2) is 49.7 Å². The van der Waals surface area contributed by atoms with E-state index in [1.54, 1.807) is 47.4 Å². The Bertz CT molecular complexity index is 1180. The molecule has 1 aliphatic rings. The van der Waals surface area contributed by atoms with Crippen LogP contribution in [0.25, 0.3) is 0 Å².